The van der Waals surface area contributed by atoms with Crippen molar-refractivity contribution < 1.29 is 14.2 Å². The van der Waals surface area contributed by atoms with Gasteiger partial charge in [-0.1, -0.05) is 0 Å². The summed E-state index contributed by atoms with van der Waals surface area (Å²) in [6.07, 6.45) is 3.01. The summed E-state index contributed by atoms with van der Waals surface area (Å²) in [7, 11) is 0. The molecule has 3 rings (SSSR count). The monoisotopic (exact) mass is 232 g/mol. The molecule has 1 aromatic rings. The second-order valence-corrected chi connectivity index (χ2v) is 4.29. The van der Waals surface area contributed by atoms with E-state index >= 15 is 0 Å². The van der Waals surface area contributed by atoms with E-state index in [9.17, 15) is 0 Å². The summed E-state index contributed by atoms with van der Waals surface area (Å²) in [5, 5.41) is 0. The molecule has 3 nitrogen and oxygen atoms in total. The van der Waals surface area contributed by atoms with Gasteiger partial charge in [0.15, 0.2) is 11.5 Å². The average molecular weight is 232 g/mol. The van der Waals surface area contributed by atoms with Crippen LogP contribution in [0.5, 0.6) is 17.2 Å². The molecule has 0 saturated heterocycles. The zero-order valence-electron chi connectivity index (χ0n) is 10.2. The van der Waals surface area contributed by atoms with Crippen LogP contribution < -0.4 is 14.2 Å². The van der Waals surface area contributed by atoms with Crippen LogP contribution in [0.3, 0.4) is 0 Å². The predicted octanol–water partition coefficient (Wildman–Crippen LogP) is 2.82. The Bertz CT molecular complexity index is 489. The minimum Gasteiger partial charge on any atom is -0.490 e. The third-order valence-electron chi connectivity index (χ3n) is 3.23. The highest BCUT2D eigenvalue weighted by Crippen LogP contribution is 2.46. The van der Waals surface area contributed by atoms with Gasteiger partial charge in [0.25, 0.3) is 0 Å². The first-order valence-electron chi connectivity index (χ1n) is 6.06. The Morgan fingerprint density at radius 1 is 1.29 bits per heavy atom. The molecule has 90 valence electrons. The van der Waals surface area contributed by atoms with Crippen molar-refractivity contribution in [2.75, 3.05) is 19.8 Å². The minimum atomic E-state index is 0.651. The van der Waals surface area contributed by atoms with Crippen molar-refractivity contribution >= 4 is 5.57 Å². The Morgan fingerprint density at radius 3 is 3.00 bits per heavy atom. The molecule has 0 spiro atoms. The fourth-order valence-electron chi connectivity index (χ4n) is 2.40. The van der Waals surface area contributed by atoms with Crippen molar-refractivity contribution in [3.8, 4) is 17.2 Å². The van der Waals surface area contributed by atoms with Crippen molar-refractivity contribution in [1.29, 1.82) is 0 Å². The normalized spacial score (nSPS) is 16.5. The molecule has 3 heteroatoms. The van der Waals surface area contributed by atoms with Crippen LogP contribution in [-0.2, 0) is 6.42 Å². The van der Waals surface area contributed by atoms with Crippen LogP contribution in [0.1, 0.15) is 25.0 Å². The molecule has 2 heterocycles. The van der Waals surface area contributed by atoms with Gasteiger partial charge in [-0.2, -0.15) is 0 Å². The average Bonchev–Trinajstić information content (AvgIpc) is 2.80. The molecule has 0 fully saturated rings. The Labute approximate surface area is 101 Å². The zero-order valence-corrected chi connectivity index (χ0v) is 10.2. The number of hydrogen-bond donors (Lipinski definition) is 0. The van der Waals surface area contributed by atoms with Crippen LogP contribution in [0.25, 0.3) is 5.57 Å². The number of allylic oxidation sites excluding steroid dienone is 1. The third kappa shape index (κ3) is 1.57. The molecule has 0 aromatic heterocycles. The van der Waals surface area contributed by atoms with E-state index in [0.29, 0.717) is 13.2 Å². The van der Waals surface area contributed by atoms with Gasteiger partial charge in [0.2, 0.25) is 0 Å². The number of benzene rings is 1. The number of rotatable bonds is 2. The van der Waals surface area contributed by atoms with E-state index in [1.54, 1.807) is 0 Å². The summed E-state index contributed by atoms with van der Waals surface area (Å²) in [4.78, 5) is 0. The highest BCUT2D eigenvalue weighted by molar-refractivity contribution is 5.76. The molecule has 0 bridgehead atoms. The number of fused-ring (bicyclic) bond motifs is 3. The second-order valence-electron chi connectivity index (χ2n) is 4.29. The summed E-state index contributed by atoms with van der Waals surface area (Å²) < 4.78 is 17.1. The minimum absolute atomic E-state index is 0.651. The van der Waals surface area contributed by atoms with Crippen LogP contribution in [0, 0.1) is 0 Å². The molecule has 0 amide bonds. The molecule has 0 saturated carbocycles. The molecule has 0 N–H and O–H groups in total. The van der Waals surface area contributed by atoms with Crippen LogP contribution in [0.2, 0.25) is 0 Å². The molecule has 1 aromatic carbocycles. The Kier molecular flexibility index (Phi) is 2.46. The van der Waals surface area contributed by atoms with Gasteiger partial charge in [0.05, 0.1) is 13.2 Å². The Morgan fingerprint density at radius 2 is 2.18 bits per heavy atom. The first kappa shape index (κ1) is 10.5. The lowest BCUT2D eigenvalue weighted by Crippen LogP contribution is -2.06. The second kappa shape index (κ2) is 3.99. The standard InChI is InChI=1S/C14H16O3/c1-3-15-12-8-11-9(2)4-6-16-13(11)10-5-7-17-14(10)12/h4,8H,3,5-7H2,1-2H3. The van der Waals surface area contributed by atoms with Gasteiger partial charge in [-0.25, -0.2) is 0 Å². The molecular formula is C14H16O3. The van der Waals surface area contributed by atoms with Gasteiger partial charge in [-0.05, 0) is 31.6 Å². The molecular weight excluding hydrogens is 216 g/mol. The molecule has 0 atom stereocenters. The maximum absolute atomic E-state index is 5.76. The first-order valence-corrected chi connectivity index (χ1v) is 6.06. The molecule has 2 aliphatic rings. The van der Waals surface area contributed by atoms with E-state index in [1.165, 1.54) is 11.1 Å². The quantitative estimate of drug-likeness (QED) is 0.784. The molecule has 0 aliphatic carbocycles. The fraction of sp³-hybridized carbons (Fsp3) is 0.429. The number of ether oxygens (including phenoxy) is 3. The van der Waals surface area contributed by atoms with Crippen molar-refractivity contribution in [1.82, 2.24) is 0 Å². The van der Waals surface area contributed by atoms with Gasteiger partial charge in [0.1, 0.15) is 12.4 Å². The lowest BCUT2D eigenvalue weighted by molar-refractivity contribution is 0.297. The first-order chi connectivity index (χ1) is 8.31. The van der Waals surface area contributed by atoms with Crippen molar-refractivity contribution in [2.24, 2.45) is 0 Å². The van der Waals surface area contributed by atoms with Gasteiger partial charge >= 0.3 is 0 Å². The van der Waals surface area contributed by atoms with Gasteiger partial charge < -0.3 is 14.2 Å². The zero-order chi connectivity index (χ0) is 11.8. The van der Waals surface area contributed by atoms with Crippen molar-refractivity contribution in [2.45, 2.75) is 20.3 Å². The summed E-state index contributed by atoms with van der Waals surface area (Å²) >= 11 is 0. The topological polar surface area (TPSA) is 27.7 Å². The Balaban J connectivity index is 2.19. The van der Waals surface area contributed by atoms with Gasteiger partial charge in [-0.3, -0.25) is 0 Å². The van der Waals surface area contributed by atoms with Crippen LogP contribution in [0.4, 0.5) is 0 Å². The molecule has 0 radical (unpaired) electrons. The third-order valence-corrected chi connectivity index (χ3v) is 3.23. The fourth-order valence-corrected chi connectivity index (χ4v) is 2.40. The van der Waals surface area contributed by atoms with E-state index in [0.717, 1.165) is 35.8 Å². The van der Waals surface area contributed by atoms with Crippen LogP contribution in [0.15, 0.2) is 12.1 Å². The van der Waals surface area contributed by atoms with E-state index in [4.69, 9.17) is 14.2 Å². The summed E-state index contributed by atoms with van der Waals surface area (Å²) in [6, 6.07) is 2.04. The van der Waals surface area contributed by atoms with Crippen molar-refractivity contribution in [3.63, 3.8) is 0 Å². The summed E-state index contributed by atoms with van der Waals surface area (Å²) in [5.74, 6) is 2.71. The van der Waals surface area contributed by atoms with E-state index < -0.39 is 0 Å². The summed E-state index contributed by atoms with van der Waals surface area (Å²) in [6.45, 7) is 6.12. The maximum Gasteiger partial charge on any atom is 0.168 e. The van der Waals surface area contributed by atoms with Crippen LogP contribution >= 0.6 is 0 Å². The smallest absolute Gasteiger partial charge is 0.168 e. The van der Waals surface area contributed by atoms with Crippen molar-refractivity contribution in [3.05, 3.63) is 23.3 Å². The molecule has 2 aliphatic heterocycles. The molecule has 17 heavy (non-hydrogen) atoms. The predicted molar refractivity (Wildman–Crippen MR) is 66.0 cm³/mol. The SMILES string of the molecule is CCOc1cc2c(c3c1OCC3)OCC=C2C. The highest BCUT2D eigenvalue weighted by atomic mass is 16.5. The molecule has 0 unspecified atom stereocenters. The van der Waals surface area contributed by atoms with E-state index in [2.05, 4.69) is 13.0 Å². The Hall–Kier alpha value is -1.64. The van der Waals surface area contributed by atoms with Crippen LogP contribution in [-0.4, -0.2) is 19.8 Å². The maximum atomic E-state index is 5.76. The van der Waals surface area contributed by atoms with E-state index in [1.807, 2.05) is 13.0 Å². The lowest BCUT2D eigenvalue weighted by atomic mass is 9.98. The summed E-state index contributed by atoms with van der Waals surface area (Å²) in [5.41, 5.74) is 3.56. The highest BCUT2D eigenvalue weighted by Gasteiger charge is 2.27. The van der Waals surface area contributed by atoms with E-state index in [-0.39, 0.29) is 0 Å². The lowest BCUT2D eigenvalue weighted by Gasteiger charge is -2.20. The van der Waals surface area contributed by atoms with Gasteiger partial charge in [-0.15, -0.1) is 0 Å². The number of hydrogen-bond acceptors (Lipinski definition) is 3. The largest absolute Gasteiger partial charge is 0.490 e. The van der Waals surface area contributed by atoms with Gasteiger partial charge in [0, 0.05) is 17.5 Å².